The number of aryl methyl sites for hydroxylation is 1. The van der Waals surface area contributed by atoms with Gasteiger partial charge in [-0.1, -0.05) is 35.5 Å². The molecule has 1 N–H and O–H groups in total. The third kappa shape index (κ3) is 3.21. The quantitative estimate of drug-likeness (QED) is 0.794. The molecule has 0 bridgehead atoms. The molecule has 3 heterocycles. The first-order chi connectivity index (χ1) is 11.8. The highest BCUT2D eigenvalue weighted by Gasteiger charge is 2.24. The van der Waals surface area contributed by atoms with Crippen molar-refractivity contribution in [2.24, 2.45) is 7.05 Å². The van der Waals surface area contributed by atoms with E-state index in [0.29, 0.717) is 5.92 Å². The molecule has 24 heavy (non-hydrogen) atoms. The second-order valence-corrected chi connectivity index (χ2v) is 6.34. The number of aromatic nitrogens is 6. The van der Waals surface area contributed by atoms with Gasteiger partial charge in [0.15, 0.2) is 5.82 Å². The van der Waals surface area contributed by atoms with Gasteiger partial charge in [0.2, 0.25) is 0 Å². The molecule has 1 aromatic carbocycles. The normalized spacial score (nSPS) is 16.5. The van der Waals surface area contributed by atoms with Crippen molar-refractivity contribution in [2.75, 3.05) is 13.1 Å². The van der Waals surface area contributed by atoms with Gasteiger partial charge < -0.3 is 0 Å². The lowest BCUT2D eigenvalue weighted by atomic mass is 9.96. The van der Waals surface area contributed by atoms with E-state index in [9.17, 15) is 0 Å². The number of nitrogens with zero attached hydrogens (tertiary/aromatic N) is 6. The Kier molecular flexibility index (Phi) is 4.08. The maximum Gasteiger partial charge on any atom is 0.181 e. The molecule has 0 unspecified atom stereocenters. The number of likely N-dealkylation sites (tertiary alicyclic amines) is 1. The van der Waals surface area contributed by atoms with Crippen molar-refractivity contribution in [3.05, 3.63) is 48.0 Å². The summed E-state index contributed by atoms with van der Waals surface area (Å²) in [4.78, 5) is 7.13. The molecular weight excluding hydrogens is 302 g/mol. The molecule has 1 aliphatic heterocycles. The number of nitrogens with one attached hydrogen (secondary N) is 1. The van der Waals surface area contributed by atoms with Crippen molar-refractivity contribution in [1.82, 2.24) is 35.1 Å². The van der Waals surface area contributed by atoms with Gasteiger partial charge in [-0.3, -0.25) is 14.7 Å². The molecule has 1 saturated heterocycles. The number of piperidine rings is 1. The fourth-order valence-corrected chi connectivity index (χ4v) is 3.23. The SMILES string of the molecule is Cn1cc(CN2CCC(c3nc(-c4ccccc4)n[nH]3)CC2)nn1. The molecule has 124 valence electrons. The van der Waals surface area contributed by atoms with Crippen molar-refractivity contribution in [2.45, 2.75) is 25.3 Å². The Morgan fingerprint density at radius 1 is 1.17 bits per heavy atom. The smallest absolute Gasteiger partial charge is 0.181 e. The molecule has 7 nitrogen and oxygen atoms in total. The summed E-state index contributed by atoms with van der Waals surface area (Å²) in [6.45, 7) is 2.96. The maximum atomic E-state index is 4.71. The van der Waals surface area contributed by atoms with E-state index in [1.165, 1.54) is 0 Å². The van der Waals surface area contributed by atoms with Crippen molar-refractivity contribution in [3.8, 4) is 11.4 Å². The van der Waals surface area contributed by atoms with Crippen molar-refractivity contribution >= 4 is 0 Å². The van der Waals surface area contributed by atoms with Crippen LogP contribution < -0.4 is 0 Å². The Morgan fingerprint density at radius 2 is 1.96 bits per heavy atom. The first kappa shape index (κ1) is 15.0. The number of benzene rings is 1. The molecule has 0 aliphatic carbocycles. The number of H-pyrrole nitrogens is 1. The molecule has 1 aliphatic rings. The minimum absolute atomic E-state index is 0.452. The Hall–Kier alpha value is -2.54. The van der Waals surface area contributed by atoms with Gasteiger partial charge >= 0.3 is 0 Å². The molecule has 1 fully saturated rings. The monoisotopic (exact) mass is 323 g/mol. The van der Waals surface area contributed by atoms with Crippen LogP contribution in [0.2, 0.25) is 0 Å². The number of hydrogen-bond acceptors (Lipinski definition) is 5. The largest absolute Gasteiger partial charge is 0.297 e. The highest BCUT2D eigenvalue weighted by molar-refractivity contribution is 5.53. The lowest BCUT2D eigenvalue weighted by molar-refractivity contribution is 0.199. The van der Waals surface area contributed by atoms with Crippen LogP contribution in [0.4, 0.5) is 0 Å². The summed E-state index contributed by atoms with van der Waals surface area (Å²) in [5, 5.41) is 15.7. The second kappa shape index (κ2) is 6.52. The molecule has 0 atom stereocenters. The Labute approximate surface area is 140 Å². The molecule has 2 aromatic heterocycles. The second-order valence-electron chi connectivity index (χ2n) is 6.34. The van der Waals surface area contributed by atoms with E-state index in [4.69, 9.17) is 4.98 Å². The molecule has 0 radical (unpaired) electrons. The van der Waals surface area contributed by atoms with E-state index in [-0.39, 0.29) is 0 Å². The van der Waals surface area contributed by atoms with Gasteiger partial charge in [-0.05, 0) is 25.9 Å². The van der Waals surface area contributed by atoms with Crippen LogP contribution >= 0.6 is 0 Å². The van der Waals surface area contributed by atoms with Crippen LogP contribution in [0.3, 0.4) is 0 Å². The van der Waals surface area contributed by atoms with E-state index in [2.05, 4.69) is 25.4 Å². The van der Waals surface area contributed by atoms with Gasteiger partial charge in [0.05, 0.1) is 5.69 Å². The molecule has 4 rings (SSSR count). The summed E-state index contributed by atoms with van der Waals surface area (Å²) >= 11 is 0. The zero-order valence-electron chi connectivity index (χ0n) is 13.8. The van der Waals surface area contributed by atoms with E-state index in [1.807, 2.05) is 43.6 Å². The fraction of sp³-hybridized carbons (Fsp3) is 0.412. The predicted molar refractivity (Wildman–Crippen MR) is 90.1 cm³/mol. The standard InChI is InChI=1S/C17H21N7/c1-23-11-15(19-22-23)12-24-9-7-14(8-10-24)17-18-16(20-21-17)13-5-3-2-4-6-13/h2-6,11,14H,7-10,12H2,1H3,(H,18,20,21). The highest BCUT2D eigenvalue weighted by Crippen LogP contribution is 2.27. The van der Waals surface area contributed by atoms with Crippen LogP contribution in [-0.2, 0) is 13.6 Å². The van der Waals surface area contributed by atoms with E-state index < -0.39 is 0 Å². The van der Waals surface area contributed by atoms with Crippen molar-refractivity contribution < 1.29 is 0 Å². The van der Waals surface area contributed by atoms with Crippen molar-refractivity contribution in [3.63, 3.8) is 0 Å². The van der Waals surface area contributed by atoms with Gasteiger partial charge in [0.1, 0.15) is 5.82 Å². The lowest BCUT2D eigenvalue weighted by Gasteiger charge is -2.30. The number of aromatic amines is 1. The average molecular weight is 323 g/mol. The zero-order valence-corrected chi connectivity index (χ0v) is 13.8. The lowest BCUT2D eigenvalue weighted by Crippen LogP contribution is -2.32. The van der Waals surface area contributed by atoms with E-state index >= 15 is 0 Å². The van der Waals surface area contributed by atoms with Crippen LogP contribution in [-0.4, -0.2) is 48.2 Å². The van der Waals surface area contributed by atoms with Crippen LogP contribution in [0, 0.1) is 0 Å². The first-order valence-electron chi connectivity index (χ1n) is 8.33. The third-order valence-electron chi connectivity index (χ3n) is 4.54. The molecule has 3 aromatic rings. The number of rotatable bonds is 4. The summed E-state index contributed by atoms with van der Waals surface area (Å²) in [5.41, 5.74) is 2.09. The van der Waals surface area contributed by atoms with E-state index in [0.717, 1.165) is 55.4 Å². The summed E-state index contributed by atoms with van der Waals surface area (Å²) in [5.74, 6) is 2.24. The van der Waals surface area contributed by atoms with Gasteiger partial charge in [-0.25, -0.2) is 4.98 Å². The summed E-state index contributed by atoms with van der Waals surface area (Å²) in [6, 6.07) is 10.1. The van der Waals surface area contributed by atoms with Gasteiger partial charge in [0, 0.05) is 31.3 Å². The average Bonchev–Trinajstić information content (AvgIpc) is 3.26. The molecule has 0 amide bonds. The van der Waals surface area contributed by atoms with Crippen molar-refractivity contribution in [1.29, 1.82) is 0 Å². The topological polar surface area (TPSA) is 75.5 Å². The molecule has 7 heteroatoms. The van der Waals surface area contributed by atoms with Crippen LogP contribution in [0.1, 0.15) is 30.3 Å². The summed E-state index contributed by atoms with van der Waals surface area (Å²) in [7, 11) is 1.90. The van der Waals surface area contributed by atoms with Crippen LogP contribution in [0.15, 0.2) is 36.5 Å². The Balaban J connectivity index is 1.37. The Bertz CT molecular complexity index is 784. The number of hydrogen-bond donors (Lipinski definition) is 1. The summed E-state index contributed by atoms with van der Waals surface area (Å²) in [6.07, 6.45) is 4.15. The summed E-state index contributed by atoms with van der Waals surface area (Å²) < 4.78 is 1.75. The minimum atomic E-state index is 0.452. The fourth-order valence-electron chi connectivity index (χ4n) is 3.23. The zero-order chi connectivity index (χ0) is 16.4. The van der Waals surface area contributed by atoms with Gasteiger partial charge in [-0.2, -0.15) is 5.10 Å². The van der Waals surface area contributed by atoms with Crippen LogP contribution in [0.25, 0.3) is 11.4 Å². The maximum absolute atomic E-state index is 4.71. The van der Waals surface area contributed by atoms with E-state index in [1.54, 1.807) is 4.68 Å². The third-order valence-corrected chi connectivity index (χ3v) is 4.54. The molecule has 0 saturated carbocycles. The van der Waals surface area contributed by atoms with Gasteiger partial charge in [0.25, 0.3) is 0 Å². The molecular formula is C17H21N7. The van der Waals surface area contributed by atoms with Crippen LogP contribution in [0.5, 0.6) is 0 Å². The first-order valence-corrected chi connectivity index (χ1v) is 8.33. The minimum Gasteiger partial charge on any atom is -0.297 e. The highest BCUT2D eigenvalue weighted by atomic mass is 15.4. The Morgan fingerprint density at radius 3 is 2.67 bits per heavy atom. The molecule has 0 spiro atoms. The van der Waals surface area contributed by atoms with Gasteiger partial charge in [-0.15, -0.1) is 5.10 Å². The predicted octanol–water partition coefficient (Wildman–Crippen LogP) is 1.98.